The fourth-order valence-electron chi connectivity index (χ4n) is 2.67. The number of hydrogen-bond donors (Lipinski definition) is 2. The normalized spacial score (nSPS) is 11.0. The molecule has 0 saturated heterocycles. The Bertz CT molecular complexity index is 1070. The number of phenolic OH excluding ortho intramolecular Hbond substituents is 1. The van der Waals surface area contributed by atoms with Crippen molar-refractivity contribution in [1.29, 1.82) is 0 Å². The lowest BCUT2D eigenvalue weighted by molar-refractivity contribution is -0.115. The maximum atomic E-state index is 12.9. The number of aromatic hydroxyl groups is 1. The molecule has 0 heterocycles. The zero-order valence-electron chi connectivity index (χ0n) is 15.2. The average molecular weight is 396 g/mol. The first-order valence-corrected chi connectivity index (χ1v) is 10.0. The second-order valence-electron chi connectivity index (χ2n) is 6.23. The van der Waals surface area contributed by atoms with E-state index in [4.69, 9.17) is 0 Å². The summed E-state index contributed by atoms with van der Waals surface area (Å²) in [7, 11) is -2.27. The topological polar surface area (TPSA) is 86.7 Å². The Morgan fingerprint density at radius 3 is 2.32 bits per heavy atom. The Labute approximate surface area is 164 Å². The minimum atomic E-state index is -3.76. The van der Waals surface area contributed by atoms with E-state index in [2.05, 4.69) is 5.32 Å². The van der Waals surface area contributed by atoms with Crippen molar-refractivity contribution in [2.45, 2.75) is 11.3 Å². The van der Waals surface area contributed by atoms with Crippen LogP contribution in [0, 0.1) is 0 Å². The van der Waals surface area contributed by atoms with E-state index < -0.39 is 10.0 Å². The van der Waals surface area contributed by atoms with Gasteiger partial charge < -0.3 is 10.4 Å². The lowest BCUT2D eigenvalue weighted by Crippen LogP contribution is -2.26. The monoisotopic (exact) mass is 396 g/mol. The van der Waals surface area contributed by atoms with Crippen LogP contribution >= 0.6 is 0 Å². The molecule has 0 fully saturated rings. The van der Waals surface area contributed by atoms with Crippen LogP contribution in [0.25, 0.3) is 0 Å². The van der Waals surface area contributed by atoms with Gasteiger partial charge in [-0.3, -0.25) is 9.10 Å². The zero-order chi connectivity index (χ0) is 20.1. The Hall–Kier alpha value is -3.32. The number of benzene rings is 3. The van der Waals surface area contributed by atoms with E-state index >= 15 is 0 Å². The predicted octanol–water partition coefficient (Wildman–Crippen LogP) is 3.40. The quantitative estimate of drug-likeness (QED) is 0.669. The number of nitrogens with zero attached hydrogens (tertiary/aromatic N) is 1. The molecule has 0 bridgehead atoms. The average Bonchev–Trinajstić information content (AvgIpc) is 2.70. The molecule has 0 aliphatic rings. The van der Waals surface area contributed by atoms with Crippen LogP contribution in [0.4, 0.5) is 11.4 Å². The Balaban J connectivity index is 1.76. The number of carbonyl (C=O) groups excluding carboxylic acids is 1. The van der Waals surface area contributed by atoms with E-state index in [1.54, 1.807) is 48.5 Å². The summed E-state index contributed by atoms with van der Waals surface area (Å²) in [5, 5.41) is 12.0. The van der Waals surface area contributed by atoms with Crippen LogP contribution in [-0.4, -0.2) is 26.5 Å². The van der Waals surface area contributed by atoms with Crippen LogP contribution in [0.5, 0.6) is 5.75 Å². The number of hydrogen-bond acceptors (Lipinski definition) is 4. The number of sulfonamides is 1. The molecule has 7 heteroatoms. The molecule has 0 saturated carbocycles. The fourth-order valence-corrected chi connectivity index (χ4v) is 3.92. The molecule has 3 aromatic carbocycles. The third-order valence-electron chi connectivity index (χ3n) is 4.20. The Morgan fingerprint density at radius 2 is 1.64 bits per heavy atom. The summed E-state index contributed by atoms with van der Waals surface area (Å²) in [6, 6.07) is 21.2. The second-order valence-corrected chi connectivity index (χ2v) is 8.20. The lowest BCUT2D eigenvalue weighted by Gasteiger charge is -2.19. The van der Waals surface area contributed by atoms with Crippen molar-refractivity contribution < 1.29 is 18.3 Å². The van der Waals surface area contributed by atoms with Crippen LogP contribution in [0.2, 0.25) is 0 Å². The van der Waals surface area contributed by atoms with Gasteiger partial charge in [0, 0.05) is 12.7 Å². The summed E-state index contributed by atoms with van der Waals surface area (Å²) < 4.78 is 27.0. The molecule has 0 atom stereocenters. The third-order valence-corrected chi connectivity index (χ3v) is 5.98. The van der Waals surface area contributed by atoms with Gasteiger partial charge in [-0.1, -0.05) is 36.4 Å². The van der Waals surface area contributed by atoms with E-state index in [1.165, 1.54) is 35.6 Å². The van der Waals surface area contributed by atoms with E-state index in [0.29, 0.717) is 11.4 Å². The number of carbonyl (C=O) groups is 1. The van der Waals surface area contributed by atoms with Crippen LogP contribution in [0.1, 0.15) is 5.56 Å². The number of rotatable bonds is 6. The molecule has 2 N–H and O–H groups in total. The molecule has 0 spiro atoms. The molecule has 0 radical (unpaired) electrons. The Kier molecular flexibility index (Phi) is 5.65. The molecule has 0 aromatic heterocycles. The first-order chi connectivity index (χ1) is 13.4. The maximum absolute atomic E-state index is 12.9. The molecule has 1 amide bonds. The highest BCUT2D eigenvalue weighted by molar-refractivity contribution is 7.92. The molecule has 0 aliphatic carbocycles. The van der Waals surface area contributed by atoms with E-state index in [-0.39, 0.29) is 23.0 Å². The van der Waals surface area contributed by atoms with Gasteiger partial charge in [0.05, 0.1) is 17.0 Å². The Morgan fingerprint density at radius 1 is 0.964 bits per heavy atom. The number of nitrogens with one attached hydrogen (secondary N) is 1. The SMILES string of the molecule is CN(c1ccccc1)S(=O)(=O)c1cccc(NC(=O)Cc2ccc(O)cc2)c1. The van der Waals surface area contributed by atoms with Crippen molar-refractivity contribution in [2.75, 3.05) is 16.7 Å². The summed E-state index contributed by atoms with van der Waals surface area (Å²) >= 11 is 0. The van der Waals surface area contributed by atoms with E-state index in [1.807, 2.05) is 6.07 Å². The highest BCUT2D eigenvalue weighted by Gasteiger charge is 2.21. The van der Waals surface area contributed by atoms with Crippen molar-refractivity contribution in [1.82, 2.24) is 0 Å². The highest BCUT2D eigenvalue weighted by atomic mass is 32.2. The lowest BCUT2D eigenvalue weighted by atomic mass is 10.1. The van der Waals surface area contributed by atoms with Gasteiger partial charge in [-0.15, -0.1) is 0 Å². The van der Waals surface area contributed by atoms with Gasteiger partial charge in [0.25, 0.3) is 10.0 Å². The van der Waals surface area contributed by atoms with Gasteiger partial charge in [0.2, 0.25) is 5.91 Å². The first kappa shape index (κ1) is 19.4. The third kappa shape index (κ3) is 4.50. The molecular weight excluding hydrogens is 376 g/mol. The molecule has 6 nitrogen and oxygen atoms in total. The van der Waals surface area contributed by atoms with E-state index in [9.17, 15) is 18.3 Å². The van der Waals surface area contributed by atoms with Crippen molar-refractivity contribution in [3.63, 3.8) is 0 Å². The number of para-hydroxylation sites is 1. The molecule has 0 unspecified atom stereocenters. The van der Waals surface area contributed by atoms with Crippen molar-refractivity contribution in [3.05, 3.63) is 84.4 Å². The van der Waals surface area contributed by atoms with Crippen LogP contribution in [0.3, 0.4) is 0 Å². The minimum absolute atomic E-state index is 0.0845. The molecule has 3 rings (SSSR count). The van der Waals surface area contributed by atoms with Gasteiger partial charge in [0.1, 0.15) is 5.75 Å². The van der Waals surface area contributed by atoms with Crippen molar-refractivity contribution in [2.24, 2.45) is 0 Å². The standard InChI is InChI=1S/C21H20N2O4S/c1-23(18-7-3-2-4-8-18)28(26,27)20-9-5-6-17(15-20)22-21(25)14-16-10-12-19(24)13-11-16/h2-13,15,24H,14H2,1H3,(H,22,25). The summed E-state index contributed by atoms with van der Waals surface area (Å²) in [4.78, 5) is 12.3. The number of amides is 1. The minimum Gasteiger partial charge on any atom is -0.508 e. The van der Waals surface area contributed by atoms with Gasteiger partial charge in [0.15, 0.2) is 0 Å². The number of phenols is 1. The first-order valence-electron chi connectivity index (χ1n) is 8.58. The smallest absolute Gasteiger partial charge is 0.264 e. The van der Waals surface area contributed by atoms with Crippen molar-refractivity contribution in [3.8, 4) is 5.75 Å². The highest BCUT2D eigenvalue weighted by Crippen LogP contribution is 2.23. The summed E-state index contributed by atoms with van der Waals surface area (Å²) in [6.07, 6.45) is 0.112. The zero-order valence-corrected chi connectivity index (χ0v) is 16.1. The fraction of sp³-hybridized carbons (Fsp3) is 0.0952. The summed E-state index contributed by atoms with van der Waals surface area (Å²) in [5.74, 6) is -0.152. The molecule has 144 valence electrons. The van der Waals surface area contributed by atoms with Crippen LogP contribution < -0.4 is 9.62 Å². The van der Waals surface area contributed by atoms with Gasteiger partial charge in [-0.25, -0.2) is 8.42 Å². The summed E-state index contributed by atoms with van der Waals surface area (Å²) in [5.41, 5.74) is 1.68. The summed E-state index contributed by atoms with van der Waals surface area (Å²) in [6.45, 7) is 0. The number of anilines is 2. The van der Waals surface area contributed by atoms with E-state index in [0.717, 1.165) is 5.56 Å². The maximum Gasteiger partial charge on any atom is 0.264 e. The van der Waals surface area contributed by atoms with Crippen LogP contribution in [-0.2, 0) is 21.2 Å². The second kappa shape index (κ2) is 8.14. The van der Waals surface area contributed by atoms with Crippen LogP contribution in [0.15, 0.2) is 83.8 Å². The predicted molar refractivity (Wildman–Crippen MR) is 109 cm³/mol. The largest absolute Gasteiger partial charge is 0.508 e. The molecule has 3 aromatic rings. The van der Waals surface area contributed by atoms with Gasteiger partial charge in [-0.2, -0.15) is 0 Å². The molecule has 0 aliphatic heterocycles. The van der Waals surface area contributed by atoms with Gasteiger partial charge in [-0.05, 0) is 48.0 Å². The van der Waals surface area contributed by atoms with Gasteiger partial charge >= 0.3 is 0 Å². The molecule has 28 heavy (non-hydrogen) atoms. The van der Waals surface area contributed by atoms with Crippen molar-refractivity contribution >= 4 is 27.3 Å². The molecular formula is C21H20N2O4S.